The summed E-state index contributed by atoms with van der Waals surface area (Å²) in [5.74, 6) is -1.30. The van der Waals surface area contributed by atoms with Gasteiger partial charge in [-0.2, -0.15) is 13.2 Å². The summed E-state index contributed by atoms with van der Waals surface area (Å²) in [5.41, 5.74) is -0.108. The summed E-state index contributed by atoms with van der Waals surface area (Å²) >= 11 is 0. The number of halogens is 3. The van der Waals surface area contributed by atoms with Gasteiger partial charge in [-0.25, -0.2) is 0 Å². The van der Waals surface area contributed by atoms with Gasteiger partial charge in [0.2, 0.25) is 6.20 Å². The van der Waals surface area contributed by atoms with Crippen LogP contribution in [-0.2, 0) is 6.18 Å². The topological polar surface area (TPSA) is 44.1 Å². The van der Waals surface area contributed by atoms with Crippen LogP contribution in [0.4, 0.5) is 13.2 Å². The van der Waals surface area contributed by atoms with Gasteiger partial charge in [-0.1, -0.05) is 0 Å². The van der Waals surface area contributed by atoms with E-state index < -0.39 is 12.0 Å². The number of alkyl halides is 3. The minimum absolute atomic E-state index is 0.108. The van der Waals surface area contributed by atoms with Crippen LogP contribution in [0.15, 0.2) is 6.20 Å². The van der Waals surface area contributed by atoms with Crippen molar-refractivity contribution >= 4 is 6.29 Å². The van der Waals surface area contributed by atoms with Gasteiger partial charge in [-0.3, -0.25) is 4.79 Å². The van der Waals surface area contributed by atoms with E-state index in [0.29, 0.717) is 6.29 Å². The lowest BCUT2D eigenvalue weighted by Crippen LogP contribution is -2.18. The molecule has 0 atom stereocenters. The largest absolute Gasteiger partial charge is 0.517 e. The predicted octanol–water partition coefficient (Wildman–Crippen LogP) is 0.313. The molecular weight excluding hydrogens is 173 g/mol. The Bertz CT molecular complexity index is 280. The number of carbonyl (C=O) groups is 1. The van der Waals surface area contributed by atoms with E-state index in [1.54, 1.807) is 0 Å². The van der Waals surface area contributed by atoms with Crippen molar-refractivity contribution in [3.05, 3.63) is 23.8 Å². The zero-order valence-electron chi connectivity index (χ0n) is 5.59. The minimum Gasteiger partial charge on any atom is -0.297 e. The molecule has 1 heterocycles. The van der Waals surface area contributed by atoms with E-state index in [4.69, 9.17) is 0 Å². The second-order valence-electron chi connectivity index (χ2n) is 1.88. The van der Waals surface area contributed by atoms with Gasteiger partial charge < -0.3 is 0 Å². The molecule has 0 N–H and O–H groups in total. The third-order valence-corrected chi connectivity index (χ3v) is 0.997. The molecule has 62 valence electrons. The van der Waals surface area contributed by atoms with Crippen molar-refractivity contribution in [1.29, 1.82) is 0 Å². The molecule has 12 heavy (non-hydrogen) atoms. The average Bonchev–Trinajstić information content (AvgIpc) is 2.03. The number of hydrogen-bond acceptors (Lipinski definition) is 2. The molecule has 1 rings (SSSR count). The number of hydrogen-bond donors (Lipinski definition) is 0. The molecule has 6 heteroatoms. The highest BCUT2D eigenvalue weighted by atomic mass is 19.4. The van der Waals surface area contributed by atoms with E-state index in [9.17, 15) is 18.0 Å². The van der Waals surface area contributed by atoms with Crippen molar-refractivity contribution in [2.45, 2.75) is 6.18 Å². The average molecular weight is 175 g/mol. The van der Waals surface area contributed by atoms with Gasteiger partial charge in [0.05, 0.1) is 0 Å². The fourth-order valence-electron chi connectivity index (χ4n) is 0.499. The fourth-order valence-corrected chi connectivity index (χ4v) is 0.499. The molecule has 0 fully saturated rings. The summed E-state index contributed by atoms with van der Waals surface area (Å²) in [6, 6.07) is 0. The van der Waals surface area contributed by atoms with E-state index in [2.05, 4.69) is 9.97 Å². The maximum absolute atomic E-state index is 11.8. The van der Waals surface area contributed by atoms with Crippen LogP contribution in [0.25, 0.3) is 0 Å². The van der Waals surface area contributed by atoms with Crippen LogP contribution in [0.1, 0.15) is 16.2 Å². The first kappa shape index (κ1) is 8.46. The Kier molecular flexibility index (Phi) is 1.95. The van der Waals surface area contributed by atoms with Gasteiger partial charge in [0.1, 0.15) is 0 Å². The van der Waals surface area contributed by atoms with Crippen molar-refractivity contribution < 1.29 is 22.9 Å². The molecule has 0 saturated carbocycles. The summed E-state index contributed by atoms with van der Waals surface area (Å²) in [6.45, 7) is 0. The highest BCUT2D eigenvalue weighted by Crippen LogP contribution is 2.22. The first-order valence-corrected chi connectivity index (χ1v) is 2.81. The van der Waals surface area contributed by atoms with Crippen LogP contribution >= 0.6 is 0 Å². The summed E-state index contributed by atoms with van der Waals surface area (Å²) in [4.78, 5) is 15.7. The Labute approximate surface area is 65.3 Å². The SMILES string of the molecule is O=Cc1c#[n+]c(C(F)(F)F)nc1. The molecule has 0 radical (unpaired) electrons. The molecule has 0 aliphatic rings. The van der Waals surface area contributed by atoms with Crippen LogP contribution in [0.2, 0.25) is 0 Å². The van der Waals surface area contributed by atoms with E-state index in [1.165, 1.54) is 0 Å². The molecule has 0 bridgehead atoms. The van der Waals surface area contributed by atoms with E-state index in [-0.39, 0.29) is 5.56 Å². The van der Waals surface area contributed by atoms with Crippen LogP contribution in [0, 0.1) is 6.20 Å². The van der Waals surface area contributed by atoms with Crippen LogP contribution < -0.4 is 4.98 Å². The second-order valence-corrected chi connectivity index (χ2v) is 1.88. The maximum atomic E-state index is 11.8. The Hall–Kier alpha value is -1.64. The quantitative estimate of drug-likeness (QED) is 0.577. The maximum Gasteiger partial charge on any atom is 0.517 e. The van der Waals surface area contributed by atoms with Gasteiger partial charge in [0, 0.05) is 0 Å². The molecule has 0 saturated heterocycles. The van der Waals surface area contributed by atoms with Crippen molar-refractivity contribution in [3.8, 4) is 0 Å². The number of carbonyl (C=O) groups excluding carboxylic acids is 1. The number of rotatable bonds is 1. The molecule has 1 aromatic heterocycles. The minimum atomic E-state index is -4.59. The van der Waals surface area contributed by atoms with Gasteiger partial charge in [-0.15, -0.1) is 4.98 Å². The number of aldehydes is 1. The Morgan fingerprint density at radius 3 is 2.58 bits per heavy atom. The molecule has 0 amide bonds. The highest BCUT2D eigenvalue weighted by molar-refractivity contribution is 5.72. The molecule has 0 unspecified atom stereocenters. The lowest BCUT2D eigenvalue weighted by Gasteiger charge is -1.90. The van der Waals surface area contributed by atoms with Crippen molar-refractivity contribution in [2.75, 3.05) is 0 Å². The fraction of sp³-hybridized carbons (Fsp3) is 0.167. The van der Waals surface area contributed by atoms with Gasteiger partial charge in [-0.05, 0) is 4.98 Å². The monoisotopic (exact) mass is 175 g/mol. The van der Waals surface area contributed by atoms with Gasteiger partial charge >= 0.3 is 12.0 Å². The van der Waals surface area contributed by atoms with Gasteiger partial charge in [0.15, 0.2) is 18.0 Å². The van der Waals surface area contributed by atoms with Crippen LogP contribution in [0.3, 0.4) is 0 Å². The Balaban J connectivity index is 3.00. The zero-order valence-corrected chi connectivity index (χ0v) is 5.59. The lowest BCUT2D eigenvalue weighted by molar-refractivity contribution is -0.366. The molecule has 0 aromatic carbocycles. The highest BCUT2D eigenvalue weighted by Gasteiger charge is 2.44. The normalized spacial score (nSPS) is 10.6. The van der Waals surface area contributed by atoms with Crippen molar-refractivity contribution in [1.82, 2.24) is 4.98 Å². The van der Waals surface area contributed by atoms with Crippen LogP contribution in [0.5, 0.6) is 0 Å². The van der Waals surface area contributed by atoms with Crippen molar-refractivity contribution in [3.63, 3.8) is 0 Å². The summed E-state index contributed by atoms with van der Waals surface area (Å²) in [5, 5.41) is 0. The molecule has 0 spiro atoms. The molecule has 3 nitrogen and oxygen atoms in total. The molecule has 0 aliphatic carbocycles. The third kappa shape index (κ3) is 1.69. The molecule has 1 aromatic rings. The summed E-state index contributed by atoms with van der Waals surface area (Å²) < 4.78 is 35.4. The Morgan fingerprint density at radius 2 is 2.25 bits per heavy atom. The molecular formula is C6H2F3N2O+. The first-order valence-electron chi connectivity index (χ1n) is 2.81. The van der Waals surface area contributed by atoms with Crippen molar-refractivity contribution in [2.24, 2.45) is 0 Å². The standard InChI is InChI=1S/C6H2F3N2O/c7-6(8,9)5-10-1-4(3-12)2-11-5/h1,3H/q+1. The van der Waals surface area contributed by atoms with E-state index >= 15 is 0 Å². The second kappa shape index (κ2) is 2.77. The third-order valence-electron chi connectivity index (χ3n) is 0.997. The lowest BCUT2D eigenvalue weighted by atomic mass is 10.4. The smallest absolute Gasteiger partial charge is 0.297 e. The van der Waals surface area contributed by atoms with Gasteiger partial charge in [0.25, 0.3) is 0 Å². The Morgan fingerprint density at radius 1 is 1.58 bits per heavy atom. The zero-order chi connectivity index (χ0) is 9.19. The first-order chi connectivity index (χ1) is 5.54. The van der Waals surface area contributed by atoms with E-state index in [0.717, 1.165) is 6.20 Å². The number of nitrogens with zero attached hydrogens (tertiary/aromatic N) is 2. The van der Waals surface area contributed by atoms with Crippen LogP contribution in [-0.4, -0.2) is 11.3 Å². The molecule has 0 aliphatic heterocycles. The summed E-state index contributed by atoms with van der Waals surface area (Å²) in [7, 11) is 0. The van der Waals surface area contributed by atoms with E-state index in [1.807, 2.05) is 6.20 Å². The predicted molar refractivity (Wildman–Crippen MR) is 29.1 cm³/mol. The summed E-state index contributed by atoms with van der Waals surface area (Å²) in [6.07, 6.45) is -1.61. The number of aromatic nitrogens is 2.